The molecule has 1 aliphatic rings. The molecule has 0 unspecified atom stereocenters. The summed E-state index contributed by atoms with van der Waals surface area (Å²) in [6.07, 6.45) is 13.9. The quantitative estimate of drug-likeness (QED) is 0.448. The van der Waals surface area contributed by atoms with Crippen LogP contribution in [-0.2, 0) is 6.42 Å². The van der Waals surface area contributed by atoms with Crippen LogP contribution in [0.25, 0.3) is 0 Å². The molecule has 1 aromatic carbocycles. The third-order valence-corrected chi connectivity index (χ3v) is 5.29. The standard InChI is InChI=1S/C21H30F2/c1-2-3-4-5-7-17-9-11-18(12-10-17)20-14-13-19(8-6-15-22)21(23)16-20/h6,13-18H,2-5,7-12H2,1H3/b15-6+. The maximum atomic E-state index is 14.1. The summed E-state index contributed by atoms with van der Waals surface area (Å²) in [4.78, 5) is 0. The molecule has 2 heteroatoms. The fraction of sp³-hybridized carbons (Fsp3) is 0.619. The normalized spacial score (nSPS) is 21.9. The molecule has 0 radical (unpaired) electrons. The Kier molecular flexibility index (Phi) is 7.78. The monoisotopic (exact) mass is 320 g/mol. The minimum Gasteiger partial charge on any atom is -0.216 e. The van der Waals surface area contributed by atoms with Crippen LogP contribution < -0.4 is 0 Å². The lowest BCUT2D eigenvalue weighted by Crippen LogP contribution is -2.13. The molecular weight excluding hydrogens is 290 g/mol. The predicted molar refractivity (Wildman–Crippen MR) is 93.8 cm³/mol. The van der Waals surface area contributed by atoms with E-state index in [2.05, 4.69) is 6.92 Å². The summed E-state index contributed by atoms with van der Waals surface area (Å²) in [6, 6.07) is 5.53. The lowest BCUT2D eigenvalue weighted by atomic mass is 9.77. The minimum atomic E-state index is -0.192. The van der Waals surface area contributed by atoms with Crippen molar-refractivity contribution in [3.05, 3.63) is 47.5 Å². The SMILES string of the molecule is CCCCCCC1CCC(c2ccc(C/C=C/F)c(F)c2)CC1. The minimum absolute atomic E-state index is 0.192. The Balaban J connectivity index is 1.81. The third-order valence-electron chi connectivity index (χ3n) is 5.29. The molecule has 0 N–H and O–H groups in total. The largest absolute Gasteiger partial charge is 0.216 e. The zero-order valence-electron chi connectivity index (χ0n) is 14.4. The molecule has 0 spiro atoms. The van der Waals surface area contributed by atoms with Gasteiger partial charge in [-0.25, -0.2) is 8.78 Å². The van der Waals surface area contributed by atoms with Crippen molar-refractivity contribution in [2.24, 2.45) is 5.92 Å². The summed E-state index contributed by atoms with van der Waals surface area (Å²) < 4.78 is 26.1. The van der Waals surface area contributed by atoms with E-state index in [1.807, 2.05) is 12.1 Å². The molecule has 1 saturated carbocycles. The van der Waals surface area contributed by atoms with Crippen molar-refractivity contribution in [2.75, 3.05) is 0 Å². The Bertz CT molecular complexity index is 485. The highest BCUT2D eigenvalue weighted by molar-refractivity contribution is 5.28. The lowest BCUT2D eigenvalue weighted by Gasteiger charge is -2.29. The first-order valence-corrected chi connectivity index (χ1v) is 9.28. The molecule has 2 rings (SSSR count). The van der Waals surface area contributed by atoms with Crippen LogP contribution in [0.4, 0.5) is 8.78 Å². The van der Waals surface area contributed by atoms with Gasteiger partial charge in [-0.05, 0) is 61.1 Å². The summed E-state index contributed by atoms with van der Waals surface area (Å²) >= 11 is 0. The Morgan fingerprint density at radius 3 is 2.52 bits per heavy atom. The maximum absolute atomic E-state index is 14.1. The number of allylic oxidation sites excluding steroid dienone is 1. The summed E-state index contributed by atoms with van der Waals surface area (Å²) in [7, 11) is 0. The van der Waals surface area contributed by atoms with Gasteiger partial charge < -0.3 is 0 Å². The van der Waals surface area contributed by atoms with Gasteiger partial charge in [0.15, 0.2) is 0 Å². The van der Waals surface area contributed by atoms with Gasteiger partial charge in [-0.3, -0.25) is 0 Å². The Morgan fingerprint density at radius 2 is 1.87 bits per heavy atom. The molecule has 1 fully saturated rings. The topological polar surface area (TPSA) is 0 Å². The average Bonchev–Trinajstić information content (AvgIpc) is 2.58. The second-order valence-corrected chi connectivity index (χ2v) is 6.98. The molecule has 0 aliphatic heterocycles. The maximum Gasteiger partial charge on any atom is 0.126 e. The summed E-state index contributed by atoms with van der Waals surface area (Å²) in [5, 5.41) is 0. The molecule has 1 aliphatic carbocycles. The number of rotatable bonds is 8. The van der Waals surface area contributed by atoms with Gasteiger partial charge in [0.05, 0.1) is 6.33 Å². The molecular formula is C21H30F2. The average molecular weight is 320 g/mol. The van der Waals surface area contributed by atoms with Gasteiger partial charge in [0.25, 0.3) is 0 Å². The van der Waals surface area contributed by atoms with Crippen LogP contribution in [0.15, 0.2) is 30.6 Å². The van der Waals surface area contributed by atoms with Gasteiger partial charge in [-0.15, -0.1) is 0 Å². The first-order chi connectivity index (χ1) is 11.2. The Morgan fingerprint density at radius 1 is 1.09 bits per heavy atom. The molecule has 0 nitrogen and oxygen atoms in total. The van der Waals surface area contributed by atoms with E-state index in [1.54, 1.807) is 6.07 Å². The molecule has 0 amide bonds. The zero-order chi connectivity index (χ0) is 16.5. The summed E-state index contributed by atoms with van der Waals surface area (Å²) in [5.41, 5.74) is 1.70. The highest BCUT2D eigenvalue weighted by Gasteiger charge is 2.22. The molecule has 1 aromatic rings. The molecule has 0 aromatic heterocycles. The fourth-order valence-corrected chi connectivity index (χ4v) is 3.80. The van der Waals surface area contributed by atoms with Crippen molar-refractivity contribution >= 4 is 0 Å². The van der Waals surface area contributed by atoms with Gasteiger partial charge in [0.2, 0.25) is 0 Å². The highest BCUT2D eigenvalue weighted by Crippen LogP contribution is 2.38. The van der Waals surface area contributed by atoms with E-state index in [0.29, 0.717) is 24.2 Å². The van der Waals surface area contributed by atoms with Crippen LogP contribution in [0.3, 0.4) is 0 Å². The van der Waals surface area contributed by atoms with Crippen molar-refractivity contribution in [1.29, 1.82) is 0 Å². The van der Waals surface area contributed by atoms with Gasteiger partial charge in [-0.1, -0.05) is 57.2 Å². The van der Waals surface area contributed by atoms with E-state index in [0.717, 1.165) is 11.5 Å². The van der Waals surface area contributed by atoms with Crippen LogP contribution in [-0.4, -0.2) is 0 Å². The molecule has 0 heterocycles. The van der Waals surface area contributed by atoms with Crippen LogP contribution in [0, 0.1) is 11.7 Å². The van der Waals surface area contributed by atoms with Crippen molar-refractivity contribution in [3.8, 4) is 0 Å². The summed E-state index contributed by atoms with van der Waals surface area (Å²) in [6.45, 7) is 2.25. The van der Waals surface area contributed by atoms with Crippen molar-refractivity contribution in [2.45, 2.75) is 77.0 Å². The number of unbranched alkanes of at least 4 members (excludes halogenated alkanes) is 3. The fourth-order valence-electron chi connectivity index (χ4n) is 3.80. The Labute approximate surface area is 140 Å². The number of hydrogen-bond donors (Lipinski definition) is 0. The van der Waals surface area contributed by atoms with Gasteiger partial charge in [-0.2, -0.15) is 0 Å². The predicted octanol–water partition coefficient (Wildman–Crippen LogP) is 7.10. The second-order valence-electron chi connectivity index (χ2n) is 6.98. The molecule has 0 atom stereocenters. The van der Waals surface area contributed by atoms with Crippen molar-refractivity contribution < 1.29 is 8.78 Å². The summed E-state index contributed by atoms with van der Waals surface area (Å²) in [5.74, 6) is 1.19. The van der Waals surface area contributed by atoms with E-state index < -0.39 is 0 Å². The van der Waals surface area contributed by atoms with Crippen LogP contribution >= 0.6 is 0 Å². The number of hydrogen-bond acceptors (Lipinski definition) is 0. The lowest BCUT2D eigenvalue weighted by molar-refractivity contribution is 0.302. The van der Waals surface area contributed by atoms with Crippen LogP contribution in [0.2, 0.25) is 0 Å². The second kappa shape index (κ2) is 9.85. The van der Waals surface area contributed by atoms with Gasteiger partial charge in [0, 0.05) is 0 Å². The zero-order valence-corrected chi connectivity index (χ0v) is 14.4. The van der Waals surface area contributed by atoms with E-state index in [4.69, 9.17) is 0 Å². The molecule has 0 bridgehead atoms. The third kappa shape index (κ3) is 5.75. The first-order valence-electron chi connectivity index (χ1n) is 9.28. The van der Waals surface area contributed by atoms with Gasteiger partial charge >= 0.3 is 0 Å². The molecule has 23 heavy (non-hydrogen) atoms. The van der Waals surface area contributed by atoms with E-state index in [9.17, 15) is 8.78 Å². The van der Waals surface area contributed by atoms with E-state index >= 15 is 0 Å². The van der Waals surface area contributed by atoms with Crippen LogP contribution in [0.1, 0.15) is 81.8 Å². The van der Waals surface area contributed by atoms with Gasteiger partial charge in [0.1, 0.15) is 5.82 Å². The first kappa shape index (κ1) is 18.2. The number of benzene rings is 1. The van der Waals surface area contributed by atoms with E-state index in [-0.39, 0.29) is 5.82 Å². The Hall–Kier alpha value is -1.18. The van der Waals surface area contributed by atoms with Crippen molar-refractivity contribution in [1.82, 2.24) is 0 Å². The smallest absolute Gasteiger partial charge is 0.126 e. The number of halogens is 2. The van der Waals surface area contributed by atoms with Crippen LogP contribution in [0.5, 0.6) is 0 Å². The van der Waals surface area contributed by atoms with E-state index in [1.165, 1.54) is 63.9 Å². The van der Waals surface area contributed by atoms with Crippen molar-refractivity contribution in [3.63, 3.8) is 0 Å². The highest BCUT2D eigenvalue weighted by atomic mass is 19.1. The molecule has 128 valence electrons. The molecule has 0 saturated heterocycles.